The van der Waals surface area contributed by atoms with Gasteiger partial charge < -0.3 is 9.47 Å². The van der Waals surface area contributed by atoms with E-state index in [1.807, 2.05) is 0 Å². The molecule has 7 heteroatoms. The van der Waals surface area contributed by atoms with Crippen LogP contribution in [0.3, 0.4) is 0 Å². The van der Waals surface area contributed by atoms with E-state index >= 15 is 0 Å². The number of hydrogen-bond acceptors (Lipinski definition) is 3. The SMILES string of the molecule is COC1(C(OI)C(F)(F)F)CCOCC1. The fourth-order valence-electron chi connectivity index (χ4n) is 1.72. The second-order valence-corrected chi connectivity index (χ2v) is 3.90. The largest absolute Gasteiger partial charge is 0.418 e. The second-order valence-electron chi connectivity index (χ2n) is 3.39. The minimum absolute atomic E-state index is 0.191. The van der Waals surface area contributed by atoms with Crippen LogP contribution in [0.15, 0.2) is 0 Å². The molecule has 1 saturated heterocycles. The maximum Gasteiger partial charge on any atom is 0.418 e. The lowest BCUT2D eigenvalue weighted by Crippen LogP contribution is -2.55. The second kappa shape index (κ2) is 5.15. The summed E-state index contributed by atoms with van der Waals surface area (Å²) in [7, 11) is 1.28. The molecule has 0 amide bonds. The van der Waals surface area contributed by atoms with Gasteiger partial charge in [0.25, 0.3) is 0 Å². The third kappa shape index (κ3) is 2.95. The van der Waals surface area contributed by atoms with Crippen molar-refractivity contribution in [3.05, 3.63) is 0 Å². The van der Waals surface area contributed by atoms with Crippen LogP contribution in [0.1, 0.15) is 12.8 Å². The molecule has 0 N–H and O–H groups in total. The summed E-state index contributed by atoms with van der Waals surface area (Å²) < 4.78 is 52.6. The van der Waals surface area contributed by atoms with Crippen LogP contribution < -0.4 is 0 Å². The van der Waals surface area contributed by atoms with Crippen LogP contribution in [0.25, 0.3) is 0 Å². The van der Waals surface area contributed by atoms with E-state index in [4.69, 9.17) is 9.47 Å². The molecule has 0 aromatic heterocycles. The smallest absolute Gasteiger partial charge is 0.381 e. The Balaban J connectivity index is 2.86. The average Bonchev–Trinajstić information content (AvgIpc) is 2.18. The molecule has 1 heterocycles. The molecule has 1 unspecified atom stereocenters. The highest BCUT2D eigenvalue weighted by atomic mass is 127. The summed E-state index contributed by atoms with van der Waals surface area (Å²) >= 11 is 1.27. The Morgan fingerprint density at radius 3 is 2.20 bits per heavy atom. The maximum atomic E-state index is 12.7. The maximum absolute atomic E-state index is 12.7. The Bertz CT molecular complexity index is 204. The molecule has 3 nitrogen and oxygen atoms in total. The molecule has 0 aliphatic carbocycles. The predicted octanol–water partition coefficient (Wildman–Crippen LogP) is 2.48. The van der Waals surface area contributed by atoms with Gasteiger partial charge in [0, 0.05) is 33.2 Å². The Morgan fingerprint density at radius 2 is 1.87 bits per heavy atom. The quantitative estimate of drug-likeness (QED) is 0.739. The first kappa shape index (κ1) is 13.5. The van der Waals surface area contributed by atoms with E-state index in [2.05, 4.69) is 3.07 Å². The van der Waals surface area contributed by atoms with Crippen molar-refractivity contribution in [2.45, 2.75) is 30.7 Å². The molecule has 1 aliphatic rings. The van der Waals surface area contributed by atoms with Crippen LogP contribution >= 0.6 is 23.0 Å². The van der Waals surface area contributed by atoms with Crippen molar-refractivity contribution in [1.29, 1.82) is 0 Å². The average molecular weight is 340 g/mol. The molecular weight excluding hydrogens is 328 g/mol. The van der Waals surface area contributed by atoms with E-state index in [0.717, 1.165) is 0 Å². The standard InChI is InChI=1S/C8H12F3IO3/c1-13-7(2-4-14-5-3-7)6(15-12)8(9,10)11/h6H,2-5H2,1H3. The van der Waals surface area contributed by atoms with Crippen molar-refractivity contribution < 1.29 is 25.7 Å². The molecule has 15 heavy (non-hydrogen) atoms. The molecule has 0 aromatic rings. The molecule has 0 radical (unpaired) electrons. The van der Waals surface area contributed by atoms with Crippen LogP contribution in [0.5, 0.6) is 0 Å². The summed E-state index contributed by atoms with van der Waals surface area (Å²) in [5.41, 5.74) is -1.31. The number of ether oxygens (including phenoxy) is 2. The molecule has 1 rings (SSSR count). The summed E-state index contributed by atoms with van der Waals surface area (Å²) in [4.78, 5) is 0. The fraction of sp³-hybridized carbons (Fsp3) is 1.00. The highest BCUT2D eigenvalue weighted by Gasteiger charge is 2.55. The van der Waals surface area contributed by atoms with Gasteiger partial charge in [0.2, 0.25) is 0 Å². The number of methoxy groups -OCH3 is 1. The zero-order valence-electron chi connectivity index (χ0n) is 8.14. The van der Waals surface area contributed by atoms with Crippen LogP contribution in [0.2, 0.25) is 0 Å². The summed E-state index contributed by atoms with van der Waals surface area (Å²) in [6.45, 7) is 0.529. The highest BCUT2D eigenvalue weighted by Crippen LogP contribution is 2.39. The third-order valence-electron chi connectivity index (χ3n) is 2.61. The highest BCUT2D eigenvalue weighted by molar-refractivity contribution is 14.1. The van der Waals surface area contributed by atoms with Gasteiger partial charge in [0.1, 0.15) is 28.6 Å². The minimum Gasteiger partial charge on any atom is -0.381 e. The molecular formula is C8H12F3IO3. The zero-order chi connectivity index (χ0) is 11.5. The van der Waals surface area contributed by atoms with Crippen molar-refractivity contribution in [2.75, 3.05) is 20.3 Å². The van der Waals surface area contributed by atoms with Crippen molar-refractivity contribution in [3.8, 4) is 0 Å². The third-order valence-corrected chi connectivity index (χ3v) is 3.12. The van der Waals surface area contributed by atoms with Crippen LogP contribution in [0, 0.1) is 0 Å². The first-order valence-corrected chi connectivity index (χ1v) is 5.31. The number of rotatable bonds is 3. The molecule has 0 spiro atoms. The van der Waals surface area contributed by atoms with E-state index in [1.165, 1.54) is 30.1 Å². The zero-order valence-corrected chi connectivity index (χ0v) is 10.3. The molecule has 1 aliphatic heterocycles. The van der Waals surface area contributed by atoms with Gasteiger partial charge in [0.15, 0.2) is 6.10 Å². The number of hydrogen-bond donors (Lipinski definition) is 0. The number of halogens is 4. The van der Waals surface area contributed by atoms with Crippen LogP contribution in [0.4, 0.5) is 13.2 Å². The van der Waals surface area contributed by atoms with E-state index in [0.29, 0.717) is 0 Å². The Labute approximate surface area is 99.9 Å². The fourth-order valence-corrected chi connectivity index (χ4v) is 2.47. The summed E-state index contributed by atoms with van der Waals surface area (Å²) in [5.74, 6) is 0. The Hall–Kier alpha value is 0.400. The summed E-state index contributed by atoms with van der Waals surface area (Å²) in [6.07, 6.45) is -5.94. The van der Waals surface area contributed by atoms with Gasteiger partial charge in [-0.1, -0.05) is 0 Å². The van der Waals surface area contributed by atoms with Gasteiger partial charge in [-0.15, -0.1) is 0 Å². The van der Waals surface area contributed by atoms with Crippen LogP contribution in [-0.2, 0) is 12.5 Å². The Morgan fingerprint density at radius 1 is 1.33 bits per heavy atom. The van der Waals surface area contributed by atoms with Crippen molar-refractivity contribution in [1.82, 2.24) is 0 Å². The van der Waals surface area contributed by atoms with E-state index in [-0.39, 0.29) is 26.1 Å². The van der Waals surface area contributed by atoms with Crippen molar-refractivity contribution in [2.24, 2.45) is 0 Å². The van der Waals surface area contributed by atoms with E-state index in [1.54, 1.807) is 0 Å². The Kier molecular flexibility index (Phi) is 4.63. The van der Waals surface area contributed by atoms with Gasteiger partial charge in [-0.2, -0.15) is 13.2 Å². The topological polar surface area (TPSA) is 27.7 Å². The van der Waals surface area contributed by atoms with Gasteiger partial charge in [0.05, 0.1) is 0 Å². The number of alkyl halides is 3. The monoisotopic (exact) mass is 340 g/mol. The summed E-state index contributed by atoms with van der Waals surface area (Å²) in [5, 5.41) is 0. The molecule has 0 aromatic carbocycles. The van der Waals surface area contributed by atoms with Crippen molar-refractivity contribution in [3.63, 3.8) is 0 Å². The lowest BCUT2D eigenvalue weighted by Gasteiger charge is -2.41. The van der Waals surface area contributed by atoms with Gasteiger partial charge in [-0.3, -0.25) is 3.07 Å². The molecule has 90 valence electrons. The first-order valence-electron chi connectivity index (χ1n) is 4.43. The van der Waals surface area contributed by atoms with Crippen LogP contribution in [-0.4, -0.2) is 38.2 Å². The molecule has 0 bridgehead atoms. The molecule has 1 fully saturated rings. The van der Waals surface area contributed by atoms with Gasteiger partial charge in [-0.05, 0) is 0 Å². The van der Waals surface area contributed by atoms with Gasteiger partial charge >= 0.3 is 6.18 Å². The van der Waals surface area contributed by atoms with E-state index < -0.39 is 17.9 Å². The van der Waals surface area contributed by atoms with E-state index in [9.17, 15) is 13.2 Å². The van der Waals surface area contributed by atoms with Gasteiger partial charge in [-0.25, -0.2) is 0 Å². The first-order chi connectivity index (χ1) is 6.96. The molecule has 1 atom stereocenters. The lowest BCUT2D eigenvalue weighted by atomic mass is 9.87. The lowest BCUT2D eigenvalue weighted by molar-refractivity contribution is -0.258. The normalized spacial score (nSPS) is 23.8. The summed E-state index contributed by atoms with van der Waals surface area (Å²) in [6, 6.07) is 0. The minimum atomic E-state index is -4.42. The van der Waals surface area contributed by atoms with Crippen molar-refractivity contribution >= 4 is 23.0 Å². The molecule has 0 saturated carbocycles. The predicted molar refractivity (Wildman–Crippen MR) is 54.7 cm³/mol.